The molecule has 84 valence electrons. The van der Waals surface area contributed by atoms with Gasteiger partial charge in [-0.25, -0.2) is 0 Å². The van der Waals surface area contributed by atoms with Crippen molar-refractivity contribution in [2.24, 2.45) is 5.92 Å². The van der Waals surface area contributed by atoms with Crippen LogP contribution in [0.3, 0.4) is 0 Å². The summed E-state index contributed by atoms with van der Waals surface area (Å²) in [5.41, 5.74) is 0. The Morgan fingerprint density at radius 2 is 2.47 bits per heavy atom. The van der Waals surface area contributed by atoms with Gasteiger partial charge in [0, 0.05) is 5.75 Å². The lowest BCUT2D eigenvalue weighted by Crippen LogP contribution is -2.29. The van der Waals surface area contributed by atoms with Crippen LogP contribution < -0.4 is 5.32 Å². The number of hydrogen-bond acceptors (Lipinski definition) is 5. The third-order valence-electron chi connectivity index (χ3n) is 2.66. The molecule has 0 saturated carbocycles. The van der Waals surface area contributed by atoms with E-state index in [1.165, 1.54) is 38.1 Å². The van der Waals surface area contributed by atoms with E-state index >= 15 is 0 Å². The predicted octanol–water partition coefficient (Wildman–Crippen LogP) is 2.33. The summed E-state index contributed by atoms with van der Waals surface area (Å²) in [5, 5.41) is 12.7. The smallest absolute Gasteiger partial charge is 0.174 e. The minimum absolute atomic E-state index is 0.875. The summed E-state index contributed by atoms with van der Waals surface area (Å²) in [7, 11) is 0. The summed E-state index contributed by atoms with van der Waals surface area (Å²) in [6.07, 6.45) is 4.03. The lowest BCUT2D eigenvalue weighted by atomic mass is 9.97. The van der Waals surface area contributed by atoms with Crippen LogP contribution in [0.25, 0.3) is 0 Å². The van der Waals surface area contributed by atoms with E-state index in [4.69, 9.17) is 0 Å². The van der Waals surface area contributed by atoms with Crippen LogP contribution in [0.1, 0.15) is 24.3 Å². The van der Waals surface area contributed by atoms with Gasteiger partial charge in [-0.3, -0.25) is 0 Å². The fourth-order valence-electron chi connectivity index (χ4n) is 1.82. The van der Waals surface area contributed by atoms with Gasteiger partial charge in [-0.05, 0) is 45.2 Å². The lowest BCUT2D eigenvalue weighted by molar-refractivity contribution is 0.371. The Kier molecular flexibility index (Phi) is 4.41. The third-order valence-corrected chi connectivity index (χ3v) is 4.66. The van der Waals surface area contributed by atoms with E-state index in [1.54, 1.807) is 11.3 Å². The van der Waals surface area contributed by atoms with E-state index in [-0.39, 0.29) is 0 Å². The lowest BCUT2D eigenvalue weighted by Gasteiger charge is -2.22. The number of thioether (sulfide) groups is 1. The van der Waals surface area contributed by atoms with Gasteiger partial charge < -0.3 is 5.32 Å². The molecule has 5 heteroatoms. The Morgan fingerprint density at radius 1 is 1.53 bits per heavy atom. The van der Waals surface area contributed by atoms with Gasteiger partial charge in [0.25, 0.3) is 0 Å². The second kappa shape index (κ2) is 5.82. The van der Waals surface area contributed by atoms with Crippen LogP contribution in [0.2, 0.25) is 0 Å². The number of aryl methyl sites for hydroxylation is 1. The molecule has 1 unspecified atom stereocenters. The molecule has 1 N–H and O–H groups in total. The first-order valence-electron chi connectivity index (χ1n) is 5.48. The van der Waals surface area contributed by atoms with Gasteiger partial charge in [-0.1, -0.05) is 23.1 Å². The highest BCUT2D eigenvalue weighted by molar-refractivity contribution is 8.01. The van der Waals surface area contributed by atoms with Crippen molar-refractivity contribution in [3.05, 3.63) is 5.01 Å². The van der Waals surface area contributed by atoms with Crippen LogP contribution in [0, 0.1) is 12.8 Å². The Morgan fingerprint density at radius 3 is 3.13 bits per heavy atom. The number of hydrogen-bond donors (Lipinski definition) is 1. The Balaban J connectivity index is 1.65. The molecule has 1 atom stereocenters. The molecule has 0 aromatic carbocycles. The highest BCUT2D eigenvalue weighted by atomic mass is 32.2. The topological polar surface area (TPSA) is 37.8 Å². The summed E-state index contributed by atoms with van der Waals surface area (Å²) in [6.45, 7) is 4.42. The van der Waals surface area contributed by atoms with Gasteiger partial charge in [0.2, 0.25) is 0 Å². The van der Waals surface area contributed by atoms with Crippen molar-refractivity contribution in [1.82, 2.24) is 15.5 Å². The van der Waals surface area contributed by atoms with Gasteiger partial charge in [0.05, 0.1) is 0 Å². The van der Waals surface area contributed by atoms with Crippen molar-refractivity contribution < 1.29 is 0 Å². The average molecular weight is 243 g/mol. The summed E-state index contributed by atoms with van der Waals surface area (Å²) in [4.78, 5) is 0. The van der Waals surface area contributed by atoms with E-state index in [0.29, 0.717) is 0 Å². The first-order chi connectivity index (χ1) is 7.34. The minimum atomic E-state index is 0.875. The summed E-state index contributed by atoms with van der Waals surface area (Å²) < 4.78 is 1.12. The van der Waals surface area contributed by atoms with E-state index in [2.05, 4.69) is 15.5 Å². The molecule has 2 rings (SSSR count). The van der Waals surface area contributed by atoms with Crippen molar-refractivity contribution >= 4 is 23.1 Å². The molecule has 1 fully saturated rings. The van der Waals surface area contributed by atoms with Crippen molar-refractivity contribution in [1.29, 1.82) is 0 Å². The molecular formula is C10H17N3S2. The monoisotopic (exact) mass is 243 g/mol. The van der Waals surface area contributed by atoms with Crippen molar-refractivity contribution in [2.45, 2.75) is 30.5 Å². The molecule has 0 aliphatic carbocycles. The van der Waals surface area contributed by atoms with Crippen LogP contribution in [0.15, 0.2) is 4.34 Å². The number of aromatic nitrogens is 2. The van der Waals surface area contributed by atoms with E-state index in [0.717, 1.165) is 15.3 Å². The Bertz CT molecular complexity index is 295. The van der Waals surface area contributed by atoms with E-state index in [1.807, 2.05) is 18.7 Å². The first-order valence-corrected chi connectivity index (χ1v) is 7.28. The fraction of sp³-hybridized carbons (Fsp3) is 0.800. The minimum Gasteiger partial charge on any atom is -0.316 e. The molecule has 1 saturated heterocycles. The van der Waals surface area contributed by atoms with E-state index in [9.17, 15) is 0 Å². The summed E-state index contributed by atoms with van der Waals surface area (Å²) >= 11 is 3.55. The summed E-state index contributed by atoms with van der Waals surface area (Å²) in [5.74, 6) is 2.06. The molecule has 1 aromatic rings. The first kappa shape index (κ1) is 11.4. The quantitative estimate of drug-likeness (QED) is 0.824. The molecule has 1 aliphatic rings. The predicted molar refractivity (Wildman–Crippen MR) is 65.6 cm³/mol. The highest BCUT2D eigenvalue weighted by Gasteiger charge is 2.12. The molecule has 1 aliphatic heterocycles. The van der Waals surface area contributed by atoms with Crippen LogP contribution >= 0.6 is 23.1 Å². The average Bonchev–Trinajstić information content (AvgIpc) is 2.66. The molecule has 15 heavy (non-hydrogen) atoms. The molecule has 2 heterocycles. The van der Waals surface area contributed by atoms with Crippen LogP contribution in [-0.4, -0.2) is 29.0 Å². The van der Waals surface area contributed by atoms with E-state index < -0.39 is 0 Å². The molecule has 0 radical (unpaired) electrons. The Labute approximate surface area is 99.1 Å². The molecular weight excluding hydrogens is 226 g/mol. The maximum Gasteiger partial charge on any atom is 0.174 e. The van der Waals surface area contributed by atoms with Gasteiger partial charge in [0.15, 0.2) is 4.34 Å². The zero-order valence-corrected chi connectivity index (χ0v) is 10.7. The van der Waals surface area contributed by atoms with Gasteiger partial charge >= 0.3 is 0 Å². The normalized spacial score (nSPS) is 21.8. The number of rotatable bonds is 4. The second-order valence-electron chi connectivity index (χ2n) is 3.94. The fourth-order valence-corrected chi connectivity index (χ4v) is 3.81. The van der Waals surface area contributed by atoms with Crippen molar-refractivity contribution in [2.75, 3.05) is 18.8 Å². The SMILES string of the molecule is Cc1nnc(SCCC2CCCNC2)s1. The molecule has 0 spiro atoms. The molecule has 0 bridgehead atoms. The van der Waals surface area contributed by atoms with Crippen LogP contribution in [0.5, 0.6) is 0 Å². The standard InChI is InChI=1S/C10H17N3S2/c1-8-12-13-10(15-8)14-6-4-9-3-2-5-11-7-9/h9,11H,2-7H2,1H3. The maximum atomic E-state index is 4.11. The number of piperidine rings is 1. The van der Waals surface area contributed by atoms with Gasteiger partial charge in [-0.2, -0.15) is 0 Å². The third kappa shape index (κ3) is 3.74. The van der Waals surface area contributed by atoms with Crippen LogP contribution in [-0.2, 0) is 0 Å². The van der Waals surface area contributed by atoms with Crippen molar-refractivity contribution in [3.8, 4) is 0 Å². The number of nitrogens with zero attached hydrogens (tertiary/aromatic N) is 2. The zero-order chi connectivity index (χ0) is 10.5. The maximum absolute atomic E-state index is 4.11. The second-order valence-corrected chi connectivity index (χ2v) is 6.46. The van der Waals surface area contributed by atoms with Crippen molar-refractivity contribution in [3.63, 3.8) is 0 Å². The van der Waals surface area contributed by atoms with Crippen LogP contribution in [0.4, 0.5) is 0 Å². The Hall–Kier alpha value is -0.130. The molecule has 1 aromatic heterocycles. The van der Waals surface area contributed by atoms with Gasteiger partial charge in [0.1, 0.15) is 5.01 Å². The largest absolute Gasteiger partial charge is 0.316 e. The summed E-state index contributed by atoms with van der Waals surface area (Å²) in [6, 6.07) is 0. The van der Waals surface area contributed by atoms with Gasteiger partial charge in [-0.15, -0.1) is 10.2 Å². The highest BCUT2D eigenvalue weighted by Crippen LogP contribution is 2.25. The molecule has 0 amide bonds. The zero-order valence-electron chi connectivity index (χ0n) is 9.03. The number of nitrogens with one attached hydrogen (secondary N) is 1. The molecule has 3 nitrogen and oxygen atoms in total.